The Balaban J connectivity index is 0.000000120. The van der Waals surface area contributed by atoms with Gasteiger partial charge < -0.3 is 19.3 Å². The topological polar surface area (TPSA) is 142 Å². The molecule has 11 fully saturated rings. The number of hydrogen-bond acceptors (Lipinski definition) is 10. The first kappa shape index (κ1) is 36.8. The lowest BCUT2D eigenvalue weighted by Crippen LogP contribution is -2.60. The van der Waals surface area contributed by atoms with Crippen molar-refractivity contribution in [2.45, 2.75) is 145 Å². The molecule has 10 saturated carbocycles. The molecule has 0 aromatic rings. The van der Waals surface area contributed by atoms with E-state index in [0.29, 0.717) is 47.7 Å². The molecular formula is C40H56O10S. The Morgan fingerprint density at radius 3 is 1.90 bits per heavy atom. The van der Waals surface area contributed by atoms with Gasteiger partial charge in [-0.15, -0.1) is 0 Å². The van der Waals surface area contributed by atoms with E-state index in [2.05, 4.69) is 26.7 Å². The van der Waals surface area contributed by atoms with Gasteiger partial charge in [0.2, 0.25) is 0 Å². The first-order valence-electron chi connectivity index (χ1n) is 19.2. The summed E-state index contributed by atoms with van der Waals surface area (Å²) in [6.45, 7) is 16.2. The predicted octanol–water partition coefficient (Wildman–Crippen LogP) is 6.12. The van der Waals surface area contributed by atoms with Gasteiger partial charge in [-0.1, -0.05) is 26.7 Å². The van der Waals surface area contributed by atoms with Gasteiger partial charge in [0.15, 0.2) is 0 Å². The Morgan fingerprint density at radius 2 is 1.39 bits per heavy atom. The molecule has 1 aliphatic heterocycles. The molecule has 1 N–H and O–H groups in total. The molecule has 0 amide bonds. The Labute approximate surface area is 302 Å². The molecule has 7 unspecified atom stereocenters. The summed E-state index contributed by atoms with van der Waals surface area (Å²) >= 11 is 0. The van der Waals surface area contributed by atoms with E-state index in [4.69, 9.17) is 18.4 Å². The second-order valence-electron chi connectivity index (χ2n) is 17.9. The molecule has 10 nitrogen and oxygen atoms in total. The highest BCUT2D eigenvalue weighted by Crippen LogP contribution is 2.61. The van der Waals surface area contributed by atoms with Crippen LogP contribution in [-0.2, 0) is 42.9 Å². The summed E-state index contributed by atoms with van der Waals surface area (Å²) in [5.74, 6) is 3.29. The molecule has 0 aromatic carbocycles. The molecule has 51 heavy (non-hydrogen) atoms. The summed E-state index contributed by atoms with van der Waals surface area (Å²) in [5, 5.41) is 10.1. The maximum Gasteiger partial charge on any atom is 0.333 e. The minimum Gasteiger partial charge on any atom is -0.456 e. The van der Waals surface area contributed by atoms with Gasteiger partial charge in [-0.2, -0.15) is 8.42 Å². The number of carbonyl (C=O) groups is 3. The van der Waals surface area contributed by atoms with Crippen LogP contribution in [0.1, 0.15) is 111 Å². The van der Waals surface area contributed by atoms with Crippen LogP contribution in [0.25, 0.3) is 0 Å². The Hall–Kier alpha value is -2.50. The zero-order valence-electron chi connectivity index (χ0n) is 30.5. The normalized spacial score (nSPS) is 46.2. The zero-order chi connectivity index (χ0) is 36.7. The summed E-state index contributed by atoms with van der Waals surface area (Å²) in [5.41, 5.74) is -0.249. The molecule has 1 heterocycles. The molecular weight excluding hydrogens is 672 g/mol. The van der Waals surface area contributed by atoms with E-state index in [9.17, 15) is 27.9 Å². The van der Waals surface area contributed by atoms with Crippen LogP contribution in [0.4, 0.5) is 0 Å². The number of esters is 3. The SMILES string of the molecule is C=C(C)C(=O)OC1(CC)C2CC3CC(C2)CC1C3.C=C(C)C(=O)OC1C2CC3C1OS(=O)(=O)C3C2.C=CC(=O)OC12CC3CC(CC(O)(C3)C1)C2. The number of fused-ring (bicyclic) bond motifs is 1. The van der Waals surface area contributed by atoms with Crippen molar-refractivity contribution in [2.75, 3.05) is 0 Å². The third-order valence-electron chi connectivity index (χ3n) is 14.2. The quantitative estimate of drug-likeness (QED) is 0.141. The number of carbonyl (C=O) groups excluding carboxylic acids is 3. The van der Waals surface area contributed by atoms with Crippen LogP contribution in [0.3, 0.4) is 0 Å². The average Bonchev–Trinajstić information content (AvgIpc) is 3.66. The van der Waals surface area contributed by atoms with E-state index >= 15 is 0 Å². The fraction of sp³-hybridized carbons (Fsp3) is 0.775. The maximum atomic E-state index is 12.0. The van der Waals surface area contributed by atoms with E-state index < -0.39 is 33.9 Å². The fourth-order valence-corrected chi connectivity index (χ4v) is 14.7. The third kappa shape index (κ3) is 6.66. The second-order valence-corrected chi connectivity index (χ2v) is 19.7. The summed E-state index contributed by atoms with van der Waals surface area (Å²) in [4.78, 5) is 34.8. The van der Waals surface area contributed by atoms with Crippen LogP contribution in [0, 0.1) is 47.3 Å². The molecule has 11 heteroatoms. The van der Waals surface area contributed by atoms with Gasteiger partial charge in [-0.25, -0.2) is 14.4 Å². The first-order valence-corrected chi connectivity index (χ1v) is 20.7. The summed E-state index contributed by atoms with van der Waals surface area (Å²) in [7, 11) is -3.43. The Morgan fingerprint density at radius 1 is 0.824 bits per heavy atom. The van der Waals surface area contributed by atoms with Crippen molar-refractivity contribution >= 4 is 28.0 Å². The molecule has 0 spiro atoms. The van der Waals surface area contributed by atoms with Gasteiger partial charge in [-0.3, -0.25) is 4.18 Å². The van der Waals surface area contributed by atoms with E-state index in [-0.39, 0.29) is 40.2 Å². The fourth-order valence-electron chi connectivity index (χ4n) is 12.8. The molecule has 1 saturated heterocycles. The monoisotopic (exact) mass is 728 g/mol. The Kier molecular flexibility index (Phi) is 9.47. The van der Waals surface area contributed by atoms with Crippen LogP contribution in [-0.4, -0.2) is 65.7 Å². The zero-order valence-corrected chi connectivity index (χ0v) is 31.3. The average molecular weight is 729 g/mol. The van der Waals surface area contributed by atoms with Crippen molar-refractivity contribution in [3.05, 3.63) is 37.0 Å². The van der Waals surface area contributed by atoms with Crippen LogP contribution < -0.4 is 0 Å². The van der Waals surface area contributed by atoms with Crippen molar-refractivity contribution in [1.29, 1.82) is 0 Å². The summed E-state index contributed by atoms with van der Waals surface area (Å²) < 4.78 is 45.3. The van der Waals surface area contributed by atoms with E-state index in [1.807, 2.05) is 0 Å². The lowest BCUT2D eigenvalue weighted by atomic mass is 9.49. The van der Waals surface area contributed by atoms with Crippen LogP contribution in [0.2, 0.25) is 0 Å². The second kappa shape index (κ2) is 13.1. The summed E-state index contributed by atoms with van der Waals surface area (Å²) in [6.07, 6.45) is 14.7. The van der Waals surface area contributed by atoms with Gasteiger partial charge in [-0.05, 0) is 133 Å². The highest BCUT2D eigenvalue weighted by molar-refractivity contribution is 7.87. The third-order valence-corrected chi connectivity index (χ3v) is 15.9. The molecule has 282 valence electrons. The van der Waals surface area contributed by atoms with E-state index in [1.165, 1.54) is 44.6 Å². The molecule has 11 rings (SSSR count). The van der Waals surface area contributed by atoms with Crippen molar-refractivity contribution in [3.8, 4) is 0 Å². The van der Waals surface area contributed by atoms with Gasteiger partial charge in [0.05, 0.1) is 10.9 Å². The minimum atomic E-state index is -3.43. The van der Waals surface area contributed by atoms with Crippen molar-refractivity contribution in [1.82, 2.24) is 0 Å². The standard InChI is InChI=1S/C16H24O2.C13H18O3.C11H14O5S/c1-4-16(18-15(17)10(2)3)13-6-11-5-12(8-13)9-14(16)7-11;1-2-11(14)16-13-6-9-3-10(7-13)5-12(15,4-9)8-13;1-5(2)11(12)15-9-6-3-7-8(4-6)17(13,14)16-10(7)9/h11-14H,2,4-9H2,1,3H3;2,9-10,15H,1,3-8H2;6-10H,1,3-4H2,2H3. The van der Waals surface area contributed by atoms with Crippen LogP contribution in [0.15, 0.2) is 37.0 Å². The number of rotatable bonds is 7. The smallest absolute Gasteiger partial charge is 0.333 e. The van der Waals surface area contributed by atoms with Gasteiger partial charge in [0.1, 0.15) is 23.4 Å². The van der Waals surface area contributed by atoms with Gasteiger partial charge in [0.25, 0.3) is 10.1 Å². The molecule has 10 aliphatic carbocycles. The van der Waals surface area contributed by atoms with Crippen molar-refractivity contribution in [2.24, 2.45) is 47.3 Å². The lowest BCUT2D eigenvalue weighted by Gasteiger charge is -2.60. The van der Waals surface area contributed by atoms with E-state index in [0.717, 1.165) is 50.4 Å². The van der Waals surface area contributed by atoms with Gasteiger partial charge in [0, 0.05) is 35.5 Å². The number of aliphatic hydroxyl groups is 1. The first-order chi connectivity index (χ1) is 24.0. The number of ether oxygens (including phenoxy) is 3. The molecule has 0 radical (unpaired) electrons. The predicted molar refractivity (Wildman–Crippen MR) is 188 cm³/mol. The largest absolute Gasteiger partial charge is 0.456 e. The summed E-state index contributed by atoms with van der Waals surface area (Å²) in [6, 6.07) is 0. The van der Waals surface area contributed by atoms with Crippen molar-refractivity contribution in [3.63, 3.8) is 0 Å². The number of hydrogen-bond donors (Lipinski definition) is 1. The highest BCUT2D eigenvalue weighted by Gasteiger charge is 2.65. The maximum absolute atomic E-state index is 12.0. The van der Waals surface area contributed by atoms with Crippen LogP contribution in [0.5, 0.6) is 0 Å². The molecule has 11 aliphatic rings. The molecule has 10 bridgehead atoms. The van der Waals surface area contributed by atoms with Crippen molar-refractivity contribution < 1.29 is 46.3 Å². The molecule has 7 atom stereocenters. The lowest BCUT2D eigenvalue weighted by molar-refractivity contribution is -0.216. The van der Waals surface area contributed by atoms with E-state index in [1.54, 1.807) is 13.8 Å². The van der Waals surface area contributed by atoms with Gasteiger partial charge >= 0.3 is 17.9 Å². The van der Waals surface area contributed by atoms with Crippen LogP contribution >= 0.6 is 0 Å². The minimum absolute atomic E-state index is 0.00733. The highest BCUT2D eigenvalue weighted by atomic mass is 32.2. The molecule has 0 aromatic heterocycles. The Bertz CT molecular complexity index is 1550.